The highest BCUT2D eigenvalue weighted by Crippen LogP contribution is 2.33. The summed E-state index contributed by atoms with van der Waals surface area (Å²) < 4.78 is 12.6. The lowest BCUT2D eigenvalue weighted by atomic mass is 10.2. The smallest absolute Gasteiger partial charge is 0.253 e. The molecule has 1 aliphatic heterocycles. The Hall–Kier alpha value is -2.81. The molecule has 2 aromatic heterocycles. The number of hydrogen-bond acceptors (Lipinski definition) is 7. The predicted octanol–water partition coefficient (Wildman–Crippen LogP) is 2.01. The van der Waals surface area contributed by atoms with Crippen LogP contribution in [0.2, 0.25) is 0 Å². The SMILES string of the molecule is CC(Sc1nc2ncccn2n1)C(=O)Nc1ccc2c(c1)OCCO2. The molecule has 128 valence electrons. The van der Waals surface area contributed by atoms with Crippen molar-refractivity contribution in [1.29, 1.82) is 0 Å². The van der Waals surface area contributed by atoms with E-state index in [1.54, 1.807) is 48.1 Å². The molecular weight excluding hydrogens is 342 g/mol. The minimum Gasteiger partial charge on any atom is -0.486 e. The van der Waals surface area contributed by atoms with E-state index in [4.69, 9.17) is 9.47 Å². The maximum Gasteiger partial charge on any atom is 0.253 e. The van der Waals surface area contributed by atoms with Gasteiger partial charge in [0.15, 0.2) is 11.5 Å². The maximum atomic E-state index is 12.4. The fourth-order valence-corrected chi connectivity index (χ4v) is 3.09. The average molecular weight is 357 g/mol. The first-order valence-electron chi connectivity index (χ1n) is 7.73. The van der Waals surface area contributed by atoms with Gasteiger partial charge in [0.2, 0.25) is 11.1 Å². The highest BCUT2D eigenvalue weighted by molar-refractivity contribution is 8.00. The first kappa shape index (κ1) is 15.7. The van der Waals surface area contributed by atoms with Gasteiger partial charge in [-0.15, -0.1) is 5.10 Å². The number of benzene rings is 1. The van der Waals surface area contributed by atoms with Gasteiger partial charge in [0.25, 0.3) is 5.78 Å². The van der Waals surface area contributed by atoms with Gasteiger partial charge in [-0.05, 0) is 25.1 Å². The summed E-state index contributed by atoms with van der Waals surface area (Å²) in [4.78, 5) is 20.8. The second-order valence-corrected chi connectivity index (χ2v) is 6.67. The summed E-state index contributed by atoms with van der Waals surface area (Å²) in [7, 11) is 0. The van der Waals surface area contributed by atoms with Crippen LogP contribution in [0.5, 0.6) is 11.5 Å². The number of ether oxygens (including phenoxy) is 2. The quantitative estimate of drug-likeness (QED) is 0.714. The second kappa shape index (κ2) is 6.60. The van der Waals surface area contributed by atoms with Crippen molar-refractivity contribution in [3.05, 3.63) is 36.7 Å². The van der Waals surface area contributed by atoms with E-state index in [1.807, 2.05) is 0 Å². The Balaban J connectivity index is 1.43. The van der Waals surface area contributed by atoms with Crippen LogP contribution in [-0.2, 0) is 4.79 Å². The van der Waals surface area contributed by atoms with Crippen LogP contribution in [0, 0.1) is 0 Å². The number of carbonyl (C=O) groups is 1. The summed E-state index contributed by atoms with van der Waals surface area (Å²) in [6, 6.07) is 7.11. The van der Waals surface area contributed by atoms with Crippen LogP contribution in [0.25, 0.3) is 5.78 Å². The molecule has 3 heterocycles. The number of fused-ring (bicyclic) bond motifs is 2. The number of thioether (sulfide) groups is 1. The highest BCUT2D eigenvalue weighted by atomic mass is 32.2. The first-order chi connectivity index (χ1) is 12.2. The number of aromatic nitrogens is 4. The van der Waals surface area contributed by atoms with E-state index in [-0.39, 0.29) is 11.2 Å². The molecule has 1 N–H and O–H groups in total. The summed E-state index contributed by atoms with van der Waals surface area (Å²) >= 11 is 1.27. The third-order valence-electron chi connectivity index (χ3n) is 3.56. The molecule has 1 unspecified atom stereocenters. The molecular formula is C16H15N5O3S. The summed E-state index contributed by atoms with van der Waals surface area (Å²) in [5.74, 6) is 1.68. The summed E-state index contributed by atoms with van der Waals surface area (Å²) in [5, 5.41) is 7.30. The Morgan fingerprint density at radius 2 is 2.16 bits per heavy atom. The van der Waals surface area contributed by atoms with Gasteiger partial charge >= 0.3 is 0 Å². The zero-order chi connectivity index (χ0) is 17.2. The van der Waals surface area contributed by atoms with Gasteiger partial charge < -0.3 is 14.8 Å². The van der Waals surface area contributed by atoms with E-state index in [0.29, 0.717) is 41.3 Å². The zero-order valence-corrected chi connectivity index (χ0v) is 14.2. The minimum absolute atomic E-state index is 0.145. The molecule has 8 nitrogen and oxygen atoms in total. The lowest BCUT2D eigenvalue weighted by Gasteiger charge is -2.19. The van der Waals surface area contributed by atoms with E-state index in [9.17, 15) is 4.79 Å². The van der Waals surface area contributed by atoms with E-state index in [1.165, 1.54) is 11.8 Å². The van der Waals surface area contributed by atoms with Gasteiger partial charge in [0, 0.05) is 24.1 Å². The Kier molecular flexibility index (Phi) is 4.14. The fourth-order valence-electron chi connectivity index (χ4n) is 2.34. The second-order valence-electron chi connectivity index (χ2n) is 5.37. The van der Waals surface area contributed by atoms with Crippen molar-refractivity contribution in [2.45, 2.75) is 17.3 Å². The molecule has 1 aromatic carbocycles. The molecule has 0 aliphatic carbocycles. The topological polar surface area (TPSA) is 90.6 Å². The van der Waals surface area contributed by atoms with E-state index in [0.717, 1.165) is 0 Å². The molecule has 0 saturated carbocycles. The molecule has 0 bridgehead atoms. The molecule has 4 rings (SSSR count). The van der Waals surface area contributed by atoms with Gasteiger partial charge in [-0.1, -0.05) is 11.8 Å². The van der Waals surface area contributed by atoms with Crippen molar-refractivity contribution in [1.82, 2.24) is 19.6 Å². The summed E-state index contributed by atoms with van der Waals surface area (Å²) in [6.07, 6.45) is 3.41. The Morgan fingerprint density at radius 3 is 3.00 bits per heavy atom. The molecule has 1 amide bonds. The standard InChI is InChI=1S/C16H15N5O3S/c1-10(25-16-19-15-17-5-2-6-21(15)20-16)14(22)18-11-3-4-12-13(9-11)24-8-7-23-12/h2-6,9-10H,7-8H2,1H3,(H,18,22). The highest BCUT2D eigenvalue weighted by Gasteiger charge is 2.19. The van der Waals surface area contributed by atoms with Crippen molar-refractivity contribution >= 4 is 29.1 Å². The van der Waals surface area contributed by atoms with E-state index < -0.39 is 0 Å². The number of carbonyl (C=O) groups excluding carboxylic acids is 1. The largest absolute Gasteiger partial charge is 0.486 e. The van der Waals surface area contributed by atoms with E-state index in [2.05, 4.69) is 20.4 Å². The Bertz CT molecular complexity index is 896. The van der Waals surface area contributed by atoms with Gasteiger partial charge in [-0.25, -0.2) is 9.50 Å². The number of amides is 1. The average Bonchev–Trinajstić information content (AvgIpc) is 3.03. The summed E-state index contributed by atoms with van der Waals surface area (Å²) in [5.41, 5.74) is 0.659. The molecule has 0 fully saturated rings. The number of rotatable bonds is 4. The van der Waals surface area contributed by atoms with Crippen molar-refractivity contribution in [3.8, 4) is 11.5 Å². The molecule has 1 aliphatic rings. The van der Waals surface area contributed by atoms with Crippen molar-refractivity contribution in [2.75, 3.05) is 18.5 Å². The molecule has 0 radical (unpaired) electrons. The summed E-state index contributed by atoms with van der Waals surface area (Å²) in [6.45, 7) is 2.84. The van der Waals surface area contributed by atoms with Crippen LogP contribution >= 0.6 is 11.8 Å². The van der Waals surface area contributed by atoms with Crippen LogP contribution in [0.1, 0.15) is 6.92 Å². The van der Waals surface area contributed by atoms with Gasteiger partial charge in [0.05, 0.1) is 5.25 Å². The predicted molar refractivity (Wildman–Crippen MR) is 92.2 cm³/mol. The monoisotopic (exact) mass is 357 g/mol. The third-order valence-corrected chi connectivity index (χ3v) is 4.51. The zero-order valence-electron chi connectivity index (χ0n) is 13.4. The van der Waals surface area contributed by atoms with Gasteiger partial charge in [-0.2, -0.15) is 4.98 Å². The lowest BCUT2D eigenvalue weighted by Crippen LogP contribution is -2.23. The lowest BCUT2D eigenvalue weighted by molar-refractivity contribution is -0.115. The number of hydrogen-bond donors (Lipinski definition) is 1. The number of nitrogens with one attached hydrogen (secondary N) is 1. The van der Waals surface area contributed by atoms with Crippen molar-refractivity contribution in [3.63, 3.8) is 0 Å². The first-order valence-corrected chi connectivity index (χ1v) is 8.61. The minimum atomic E-state index is -0.370. The van der Waals surface area contributed by atoms with Crippen LogP contribution in [-0.4, -0.2) is 44.0 Å². The van der Waals surface area contributed by atoms with Gasteiger partial charge in [-0.3, -0.25) is 4.79 Å². The van der Waals surface area contributed by atoms with Crippen molar-refractivity contribution in [2.24, 2.45) is 0 Å². The number of anilines is 1. The number of nitrogens with zero attached hydrogens (tertiary/aromatic N) is 4. The van der Waals surface area contributed by atoms with Crippen LogP contribution in [0.15, 0.2) is 41.8 Å². The van der Waals surface area contributed by atoms with Gasteiger partial charge in [0.1, 0.15) is 13.2 Å². The van der Waals surface area contributed by atoms with Crippen LogP contribution < -0.4 is 14.8 Å². The Labute approximate surface area is 147 Å². The van der Waals surface area contributed by atoms with Crippen LogP contribution in [0.4, 0.5) is 5.69 Å². The molecule has 0 saturated heterocycles. The third kappa shape index (κ3) is 3.36. The molecule has 25 heavy (non-hydrogen) atoms. The molecule has 1 atom stereocenters. The van der Waals surface area contributed by atoms with Crippen molar-refractivity contribution < 1.29 is 14.3 Å². The fraction of sp³-hybridized carbons (Fsp3) is 0.250. The van der Waals surface area contributed by atoms with E-state index >= 15 is 0 Å². The molecule has 3 aromatic rings. The van der Waals surface area contributed by atoms with Crippen LogP contribution in [0.3, 0.4) is 0 Å². The normalized spacial score (nSPS) is 14.3. The molecule has 9 heteroatoms. The maximum absolute atomic E-state index is 12.4. The Morgan fingerprint density at radius 1 is 1.32 bits per heavy atom. The molecule has 0 spiro atoms.